The lowest BCUT2D eigenvalue weighted by Gasteiger charge is -2.10. The molecule has 0 radical (unpaired) electrons. The van der Waals surface area contributed by atoms with Gasteiger partial charge in [-0.3, -0.25) is 0 Å². The molecular formula is C12H12FNS. The molecule has 0 amide bonds. The van der Waals surface area contributed by atoms with Crippen LogP contribution < -0.4 is 5.73 Å². The van der Waals surface area contributed by atoms with Gasteiger partial charge < -0.3 is 5.73 Å². The maximum absolute atomic E-state index is 13.3. The van der Waals surface area contributed by atoms with Crippen molar-refractivity contribution in [3.8, 4) is 0 Å². The molecule has 3 heteroatoms. The molecule has 1 aromatic carbocycles. The molecule has 1 heterocycles. The molecule has 1 atom stereocenters. The van der Waals surface area contributed by atoms with Gasteiger partial charge in [0.25, 0.3) is 0 Å². The van der Waals surface area contributed by atoms with Gasteiger partial charge in [-0.15, -0.1) is 11.3 Å². The van der Waals surface area contributed by atoms with Crippen LogP contribution in [0.1, 0.15) is 22.0 Å². The van der Waals surface area contributed by atoms with Crippen LogP contribution in [0.5, 0.6) is 0 Å². The van der Waals surface area contributed by atoms with Gasteiger partial charge in [-0.1, -0.05) is 18.2 Å². The molecule has 2 aromatic rings. The first-order valence-electron chi connectivity index (χ1n) is 4.73. The van der Waals surface area contributed by atoms with Crippen LogP contribution in [0.4, 0.5) is 4.39 Å². The van der Waals surface area contributed by atoms with Gasteiger partial charge in [0.05, 0.1) is 6.04 Å². The maximum atomic E-state index is 13.3. The molecule has 1 aromatic heterocycles. The van der Waals surface area contributed by atoms with E-state index in [2.05, 4.69) is 0 Å². The van der Waals surface area contributed by atoms with Gasteiger partial charge in [0, 0.05) is 4.88 Å². The van der Waals surface area contributed by atoms with E-state index in [1.807, 2.05) is 23.6 Å². The molecule has 15 heavy (non-hydrogen) atoms. The van der Waals surface area contributed by atoms with Crippen molar-refractivity contribution in [2.24, 2.45) is 5.73 Å². The van der Waals surface area contributed by atoms with Gasteiger partial charge in [0.1, 0.15) is 5.82 Å². The second-order valence-electron chi connectivity index (χ2n) is 3.50. The van der Waals surface area contributed by atoms with E-state index in [1.54, 1.807) is 24.3 Å². The summed E-state index contributed by atoms with van der Waals surface area (Å²) in [6.45, 7) is 1.75. The van der Waals surface area contributed by atoms with Crippen LogP contribution in [-0.4, -0.2) is 0 Å². The van der Waals surface area contributed by atoms with Gasteiger partial charge in [0.2, 0.25) is 0 Å². The Labute approximate surface area is 92.4 Å². The Kier molecular flexibility index (Phi) is 2.84. The van der Waals surface area contributed by atoms with Gasteiger partial charge in [-0.25, -0.2) is 4.39 Å². The molecule has 2 N–H and O–H groups in total. The highest BCUT2D eigenvalue weighted by molar-refractivity contribution is 7.10. The molecule has 2 rings (SSSR count). The summed E-state index contributed by atoms with van der Waals surface area (Å²) in [7, 11) is 0. The molecule has 0 spiro atoms. The normalized spacial score (nSPS) is 12.7. The third kappa shape index (κ3) is 2.08. The van der Waals surface area contributed by atoms with Gasteiger partial charge >= 0.3 is 0 Å². The zero-order valence-electron chi connectivity index (χ0n) is 8.41. The zero-order valence-corrected chi connectivity index (χ0v) is 9.22. The summed E-state index contributed by atoms with van der Waals surface area (Å²) in [4.78, 5) is 1.05. The summed E-state index contributed by atoms with van der Waals surface area (Å²) in [5, 5.41) is 1.97. The number of hydrogen-bond donors (Lipinski definition) is 1. The van der Waals surface area contributed by atoms with Crippen LogP contribution in [0.25, 0.3) is 0 Å². The number of rotatable bonds is 2. The van der Waals surface area contributed by atoms with Crippen molar-refractivity contribution in [1.82, 2.24) is 0 Å². The Morgan fingerprint density at radius 3 is 2.73 bits per heavy atom. The third-order valence-corrected chi connectivity index (χ3v) is 3.36. The van der Waals surface area contributed by atoms with E-state index >= 15 is 0 Å². The van der Waals surface area contributed by atoms with E-state index in [0.29, 0.717) is 5.56 Å². The second kappa shape index (κ2) is 4.13. The Morgan fingerprint density at radius 2 is 2.13 bits per heavy atom. The molecule has 0 unspecified atom stereocenters. The minimum atomic E-state index is -0.222. The van der Waals surface area contributed by atoms with Crippen molar-refractivity contribution >= 4 is 11.3 Å². The number of halogens is 1. The summed E-state index contributed by atoms with van der Waals surface area (Å²) < 4.78 is 13.3. The Bertz CT molecular complexity index is 451. The predicted molar refractivity (Wildman–Crippen MR) is 61.5 cm³/mol. The molecule has 78 valence electrons. The molecule has 0 aliphatic heterocycles. The lowest BCUT2D eigenvalue weighted by molar-refractivity contribution is 0.614. The first kappa shape index (κ1) is 10.3. The fourth-order valence-electron chi connectivity index (χ4n) is 1.44. The zero-order chi connectivity index (χ0) is 10.8. The van der Waals surface area contributed by atoms with E-state index in [1.165, 1.54) is 6.07 Å². The first-order valence-corrected chi connectivity index (χ1v) is 5.61. The van der Waals surface area contributed by atoms with Gasteiger partial charge in [-0.05, 0) is 35.6 Å². The van der Waals surface area contributed by atoms with Crippen molar-refractivity contribution in [2.45, 2.75) is 13.0 Å². The average molecular weight is 221 g/mol. The highest BCUT2D eigenvalue weighted by Crippen LogP contribution is 2.24. The molecule has 0 fully saturated rings. The fraction of sp³-hybridized carbons (Fsp3) is 0.167. The third-order valence-electron chi connectivity index (χ3n) is 2.40. The highest BCUT2D eigenvalue weighted by Gasteiger charge is 2.10. The minimum Gasteiger partial charge on any atom is -0.320 e. The Balaban J connectivity index is 2.34. The average Bonchev–Trinajstić information content (AvgIpc) is 2.74. The second-order valence-corrected chi connectivity index (χ2v) is 4.48. The lowest BCUT2D eigenvalue weighted by atomic mass is 10.0. The predicted octanol–water partition coefficient (Wildman–Crippen LogP) is 3.24. The summed E-state index contributed by atoms with van der Waals surface area (Å²) >= 11 is 1.59. The van der Waals surface area contributed by atoms with Crippen molar-refractivity contribution in [1.29, 1.82) is 0 Å². The highest BCUT2D eigenvalue weighted by atomic mass is 32.1. The minimum absolute atomic E-state index is 0.195. The summed E-state index contributed by atoms with van der Waals surface area (Å²) in [5.74, 6) is -0.195. The SMILES string of the molecule is Cc1ccc([C@H](N)c2cccs2)cc1F. The topological polar surface area (TPSA) is 26.0 Å². The molecule has 0 bridgehead atoms. The van der Waals surface area contributed by atoms with E-state index in [0.717, 1.165) is 10.4 Å². The standard InChI is InChI=1S/C12H12FNS/c1-8-4-5-9(7-10(8)13)12(14)11-3-2-6-15-11/h2-7,12H,14H2,1H3/t12-/m0/s1. The molecule has 0 saturated carbocycles. The summed E-state index contributed by atoms with van der Waals surface area (Å²) in [6, 6.07) is 8.85. The lowest BCUT2D eigenvalue weighted by Crippen LogP contribution is -2.10. The number of benzene rings is 1. The quantitative estimate of drug-likeness (QED) is 0.827. The molecule has 0 aliphatic rings. The van der Waals surface area contributed by atoms with Crippen LogP contribution >= 0.6 is 11.3 Å². The smallest absolute Gasteiger partial charge is 0.126 e. The van der Waals surface area contributed by atoms with E-state index in [-0.39, 0.29) is 11.9 Å². The number of nitrogens with two attached hydrogens (primary N) is 1. The van der Waals surface area contributed by atoms with Gasteiger partial charge in [0.15, 0.2) is 0 Å². The van der Waals surface area contributed by atoms with Crippen molar-refractivity contribution < 1.29 is 4.39 Å². The van der Waals surface area contributed by atoms with Crippen LogP contribution in [0, 0.1) is 12.7 Å². The van der Waals surface area contributed by atoms with Crippen molar-refractivity contribution in [3.63, 3.8) is 0 Å². The van der Waals surface area contributed by atoms with E-state index in [9.17, 15) is 4.39 Å². The van der Waals surface area contributed by atoms with E-state index < -0.39 is 0 Å². The summed E-state index contributed by atoms with van der Waals surface area (Å²) in [5.41, 5.74) is 7.49. The summed E-state index contributed by atoms with van der Waals surface area (Å²) in [6.07, 6.45) is 0. The van der Waals surface area contributed by atoms with Crippen LogP contribution in [0.2, 0.25) is 0 Å². The number of hydrogen-bond acceptors (Lipinski definition) is 2. The maximum Gasteiger partial charge on any atom is 0.126 e. The Morgan fingerprint density at radius 1 is 1.33 bits per heavy atom. The van der Waals surface area contributed by atoms with Crippen LogP contribution in [-0.2, 0) is 0 Å². The molecule has 0 saturated heterocycles. The van der Waals surface area contributed by atoms with Crippen molar-refractivity contribution in [3.05, 3.63) is 57.5 Å². The first-order chi connectivity index (χ1) is 7.18. The Hall–Kier alpha value is -1.19. The van der Waals surface area contributed by atoms with Gasteiger partial charge in [-0.2, -0.15) is 0 Å². The monoisotopic (exact) mass is 221 g/mol. The fourth-order valence-corrected chi connectivity index (χ4v) is 2.19. The largest absolute Gasteiger partial charge is 0.320 e. The van der Waals surface area contributed by atoms with Crippen molar-refractivity contribution in [2.75, 3.05) is 0 Å². The molecular weight excluding hydrogens is 209 g/mol. The van der Waals surface area contributed by atoms with Crippen LogP contribution in [0.3, 0.4) is 0 Å². The molecule has 1 nitrogen and oxygen atoms in total. The molecule has 0 aliphatic carbocycles. The van der Waals surface area contributed by atoms with E-state index in [4.69, 9.17) is 5.73 Å². The van der Waals surface area contributed by atoms with Crippen LogP contribution in [0.15, 0.2) is 35.7 Å². The number of aryl methyl sites for hydroxylation is 1. The number of thiophene rings is 1.